The number of rotatable bonds is 4. The van der Waals surface area contributed by atoms with Crippen LogP contribution in [0.25, 0.3) is 0 Å². The maximum absolute atomic E-state index is 12.3. The molecule has 0 bridgehead atoms. The molecule has 0 saturated heterocycles. The molecule has 2 amide bonds. The van der Waals surface area contributed by atoms with Crippen molar-refractivity contribution in [2.24, 2.45) is 5.41 Å². The first kappa shape index (κ1) is 12.5. The van der Waals surface area contributed by atoms with Gasteiger partial charge >= 0.3 is 0 Å². The molecule has 0 aromatic heterocycles. The summed E-state index contributed by atoms with van der Waals surface area (Å²) in [5, 5.41) is 6.02. The minimum atomic E-state index is -0.773. The SMILES string of the molecule is O=C(NC1CC=CC1)C1(C(=O)NC2CC=CC2)CC1. The van der Waals surface area contributed by atoms with Crippen LogP contribution in [0.5, 0.6) is 0 Å². The summed E-state index contributed by atoms with van der Waals surface area (Å²) in [4.78, 5) is 24.6. The van der Waals surface area contributed by atoms with E-state index in [4.69, 9.17) is 0 Å². The second-order valence-electron chi connectivity index (χ2n) is 5.81. The molecular formula is C15H20N2O2. The summed E-state index contributed by atoms with van der Waals surface area (Å²) >= 11 is 0. The predicted molar refractivity (Wildman–Crippen MR) is 72.3 cm³/mol. The van der Waals surface area contributed by atoms with Crippen molar-refractivity contribution in [1.82, 2.24) is 10.6 Å². The third-order valence-corrected chi connectivity index (χ3v) is 4.31. The highest BCUT2D eigenvalue weighted by atomic mass is 16.2. The number of carbonyl (C=O) groups excluding carboxylic acids is 2. The van der Waals surface area contributed by atoms with Crippen LogP contribution in [0.1, 0.15) is 38.5 Å². The Morgan fingerprint density at radius 3 is 1.47 bits per heavy atom. The molecule has 0 aromatic rings. The van der Waals surface area contributed by atoms with E-state index in [1.165, 1.54) is 0 Å². The van der Waals surface area contributed by atoms with E-state index >= 15 is 0 Å². The molecule has 102 valence electrons. The second-order valence-corrected chi connectivity index (χ2v) is 5.81. The normalized spacial score (nSPS) is 24.6. The zero-order valence-corrected chi connectivity index (χ0v) is 11.0. The molecule has 0 atom stereocenters. The highest BCUT2D eigenvalue weighted by Crippen LogP contribution is 2.46. The van der Waals surface area contributed by atoms with Crippen molar-refractivity contribution in [3.8, 4) is 0 Å². The third-order valence-electron chi connectivity index (χ3n) is 4.31. The fourth-order valence-corrected chi connectivity index (χ4v) is 2.80. The topological polar surface area (TPSA) is 58.2 Å². The highest BCUT2D eigenvalue weighted by molar-refractivity contribution is 6.08. The van der Waals surface area contributed by atoms with E-state index in [9.17, 15) is 9.59 Å². The van der Waals surface area contributed by atoms with Crippen LogP contribution < -0.4 is 10.6 Å². The van der Waals surface area contributed by atoms with Gasteiger partial charge in [-0.1, -0.05) is 24.3 Å². The first-order chi connectivity index (χ1) is 9.21. The average molecular weight is 260 g/mol. The zero-order valence-electron chi connectivity index (χ0n) is 11.0. The van der Waals surface area contributed by atoms with Gasteiger partial charge in [0.25, 0.3) is 0 Å². The van der Waals surface area contributed by atoms with Crippen molar-refractivity contribution in [2.45, 2.75) is 50.6 Å². The van der Waals surface area contributed by atoms with E-state index in [1.54, 1.807) is 0 Å². The summed E-state index contributed by atoms with van der Waals surface area (Å²) in [6.45, 7) is 0. The molecule has 0 spiro atoms. The third kappa shape index (κ3) is 2.44. The van der Waals surface area contributed by atoms with Crippen molar-refractivity contribution in [3.63, 3.8) is 0 Å². The molecule has 0 heterocycles. The molecule has 2 N–H and O–H groups in total. The van der Waals surface area contributed by atoms with Gasteiger partial charge in [-0.3, -0.25) is 9.59 Å². The molecule has 3 aliphatic rings. The molecule has 0 radical (unpaired) electrons. The Hall–Kier alpha value is -1.58. The molecule has 1 saturated carbocycles. The molecule has 0 aromatic carbocycles. The van der Waals surface area contributed by atoms with Crippen molar-refractivity contribution in [3.05, 3.63) is 24.3 Å². The van der Waals surface area contributed by atoms with E-state index < -0.39 is 5.41 Å². The van der Waals surface area contributed by atoms with E-state index in [2.05, 4.69) is 34.9 Å². The molecule has 0 aliphatic heterocycles. The van der Waals surface area contributed by atoms with Crippen LogP contribution in [0.4, 0.5) is 0 Å². The fraction of sp³-hybridized carbons (Fsp3) is 0.600. The molecule has 3 rings (SSSR count). The Labute approximate surface area is 113 Å². The number of nitrogens with one attached hydrogen (secondary N) is 2. The van der Waals surface area contributed by atoms with Gasteiger partial charge in [-0.05, 0) is 38.5 Å². The Morgan fingerprint density at radius 2 is 1.16 bits per heavy atom. The Kier molecular flexibility index (Phi) is 3.17. The number of carbonyl (C=O) groups is 2. The van der Waals surface area contributed by atoms with Crippen LogP contribution in [0.15, 0.2) is 24.3 Å². The summed E-state index contributed by atoms with van der Waals surface area (Å²) in [5.74, 6) is -0.158. The first-order valence-corrected chi connectivity index (χ1v) is 7.13. The largest absolute Gasteiger partial charge is 0.352 e. The van der Waals surface area contributed by atoms with Crippen LogP contribution in [0.3, 0.4) is 0 Å². The van der Waals surface area contributed by atoms with Crippen LogP contribution in [-0.4, -0.2) is 23.9 Å². The summed E-state index contributed by atoms with van der Waals surface area (Å²) in [5.41, 5.74) is -0.773. The van der Waals surface area contributed by atoms with Gasteiger partial charge in [0.2, 0.25) is 11.8 Å². The standard InChI is InChI=1S/C15H20N2O2/c18-13(16-11-5-1-2-6-11)15(9-10-15)14(19)17-12-7-3-4-8-12/h1-4,11-12H,5-10H2,(H,16,18)(H,17,19). The van der Waals surface area contributed by atoms with Gasteiger partial charge in [-0.25, -0.2) is 0 Å². The minimum Gasteiger partial charge on any atom is -0.352 e. The lowest BCUT2D eigenvalue weighted by Crippen LogP contribution is -2.48. The average Bonchev–Trinajstić information content (AvgIpc) is 2.81. The Balaban J connectivity index is 1.55. The van der Waals surface area contributed by atoms with Gasteiger partial charge in [-0.2, -0.15) is 0 Å². The second kappa shape index (κ2) is 4.83. The first-order valence-electron chi connectivity index (χ1n) is 7.13. The van der Waals surface area contributed by atoms with Crippen molar-refractivity contribution < 1.29 is 9.59 Å². The van der Waals surface area contributed by atoms with Crippen molar-refractivity contribution in [1.29, 1.82) is 0 Å². The lowest BCUT2D eigenvalue weighted by molar-refractivity contribution is -0.137. The summed E-state index contributed by atoms with van der Waals surface area (Å²) in [6, 6.07) is 0.372. The lowest BCUT2D eigenvalue weighted by Gasteiger charge is -2.21. The zero-order chi connectivity index (χ0) is 13.3. The fourth-order valence-electron chi connectivity index (χ4n) is 2.80. The molecule has 19 heavy (non-hydrogen) atoms. The van der Waals surface area contributed by atoms with Crippen LogP contribution in [-0.2, 0) is 9.59 Å². The molecule has 4 nitrogen and oxygen atoms in total. The maximum atomic E-state index is 12.3. The Bertz CT molecular complexity index is 395. The van der Waals surface area contributed by atoms with Crippen molar-refractivity contribution in [2.75, 3.05) is 0 Å². The van der Waals surface area contributed by atoms with Gasteiger partial charge in [0.05, 0.1) is 0 Å². The summed E-state index contributed by atoms with van der Waals surface area (Å²) in [7, 11) is 0. The van der Waals surface area contributed by atoms with E-state index in [1.807, 2.05) is 0 Å². The maximum Gasteiger partial charge on any atom is 0.235 e. The Morgan fingerprint density at radius 1 is 0.789 bits per heavy atom. The lowest BCUT2D eigenvalue weighted by atomic mass is 10.0. The van der Waals surface area contributed by atoms with E-state index in [-0.39, 0.29) is 23.9 Å². The minimum absolute atomic E-state index is 0.0790. The van der Waals surface area contributed by atoms with Crippen LogP contribution in [0.2, 0.25) is 0 Å². The monoisotopic (exact) mass is 260 g/mol. The molecule has 4 heteroatoms. The van der Waals surface area contributed by atoms with Gasteiger partial charge in [0, 0.05) is 12.1 Å². The van der Waals surface area contributed by atoms with Crippen LogP contribution in [0, 0.1) is 5.41 Å². The van der Waals surface area contributed by atoms with Crippen LogP contribution >= 0.6 is 0 Å². The predicted octanol–water partition coefficient (Wildman–Crippen LogP) is 1.44. The molecule has 3 aliphatic carbocycles. The van der Waals surface area contributed by atoms with E-state index in [0.29, 0.717) is 12.8 Å². The van der Waals surface area contributed by atoms with E-state index in [0.717, 1.165) is 25.7 Å². The number of hydrogen-bond acceptors (Lipinski definition) is 2. The van der Waals surface area contributed by atoms with Gasteiger partial charge in [0.1, 0.15) is 5.41 Å². The molecular weight excluding hydrogens is 240 g/mol. The quantitative estimate of drug-likeness (QED) is 0.593. The van der Waals surface area contributed by atoms with Gasteiger partial charge in [-0.15, -0.1) is 0 Å². The molecule has 0 unspecified atom stereocenters. The number of hydrogen-bond donors (Lipinski definition) is 2. The van der Waals surface area contributed by atoms with Crippen molar-refractivity contribution >= 4 is 11.8 Å². The van der Waals surface area contributed by atoms with Gasteiger partial charge < -0.3 is 10.6 Å². The highest BCUT2D eigenvalue weighted by Gasteiger charge is 2.57. The smallest absolute Gasteiger partial charge is 0.235 e. The summed E-state index contributed by atoms with van der Waals surface area (Å²) in [6.07, 6.45) is 13.2. The van der Waals surface area contributed by atoms with Gasteiger partial charge in [0.15, 0.2) is 0 Å². The molecule has 1 fully saturated rings. The summed E-state index contributed by atoms with van der Waals surface area (Å²) < 4.78 is 0. The number of amides is 2.